The summed E-state index contributed by atoms with van der Waals surface area (Å²) in [5, 5.41) is 3.04. The van der Waals surface area contributed by atoms with Gasteiger partial charge in [0.15, 0.2) is 0 Å². The van der Waals surface area contributed by atoms with Crippen molar-refractivity contribution in [1.82, 2.24) is 5.32 Å². The highest BCUT2D eigenvalue weighted by Gasteiger charge is 2.39. The lowest BCUT2D eigenvalue weighted by Gasteiger charge is -2.17. The van der Waals surface area contributed by atoms with Gasteiger partial charge in [0.25, 0.3) is 0 Å². The first-order valence-electron chi connectivity index (χ1n) is 6.09. The van der Waals surface area contributed by atoms with Crippen LogP contribution in [0, 0.1) is 0 Å². The van der Waals surface area contributed by atoms with E-state index in [-0.39, 0.29) is 5.91 Å². The fraction of sp³-hybridized carbons (Fsp3) is 0.500. The van der Waals surface area contributed by atoms with Crippen LogP contribution in [0.5, 0.6) is 0 Å². The molecule has 0 spiro atoms. The lowest BCUT2D eigenvalue weighted by molar-refractivity contribution is -0.122. The van der Waals surface area contributed by atoms with Gasteiger partial charge in [0, 0.05) is 23.9 Å². The van der Waals surface area contributed by atoms with Gasteiger partial charge in [0.1, 0.15) is 0 Å². The van der Waals surface area contributed by atoms with Crippen molar-refractivity contribution in [2.75, 3.05) is 0 Å². The third-order valence-corrected chi connectivity index (χ3v) is 2.98. The lowest BCUT2D eigenvalue weighted by Crippen LogP contribution is -2.39. The van der Waals surface area contributed by atoms with E-state index in [1.807, 2.05) is 32.0 Å². The van der Waals surface area contributed by atoms with E-state index in [0.29, 0.717) is 18.4 Å². The minimum Gasteiger partial charge on any atom is -0.353 e. The fourth-order valence-corrected chi connectivity index (χ4v) is 2.09. The van der Waals surface area contributed by atoms with Crippen LogP contribution in [-0.2, 0) is 4.79 Å². The Hall–Kier alpha value is -1.35. The van der Waals surface area contributed by atoms with E-state index in [2.05, 4.69) is 17.4 Å². The third-order valence-electron chi connectivity index (χ3n) is 2.98. The molecule has 1 aromatic rings. The summed E-state index contributed by atoms with van der Waals surface area (Å²) in [5.41, 5.74) is 6.70. The molecule has 17 heavy (non-hydrogen) atoms. The van der Waals surface area contributed by atoms with Gasteiger partial charge >= 0.3 is 0 Å². The zero-order valence-corrected chi connectivity index (χ0v) is 10.4. The van der Waals surface area contributed by atoms with Crippen molar-refractivity contribution in [1.29, 1.82) is 0 Å². The van der Waals surface area contributed by atoms with Gasteiger partial charge in [-0.3, -0.25) is 4.79 Å². The van der Waals surface area contributed by atoms with E-state index in [9.17, 15) is 4.79 Å². The highest BCUT2D eigenvalue weighted by Crippen LogP contribution is 2.40. The average Bonchev–Trinajstić information content (AvgIpc) is 2.95. The first-order chi connectivity index (χ1) is 7.96. The van der Waals surface area contributed by atoms with Gasteiger partial charge in [-0.05, 0) is 25.8 Å². The van der Waals surface area contributed by atoms with Crippen LogP contribution < -0.4 is 11.1 Å². The van der Waals surface area contributed by atoms with Crippen molar-refractivity contribution in [3.05, 3.63) is 35.9 Å². The summed E-state index contributed by atoms with van der Waals surface area (Å²) in [7, 11) is 0. The minimum absolute atomic E-state index is 0.0564. The van der Waals surface area contributed by atoms with Gasteiger partial charge in [-0.15, -0.1) is 0 Å². The lowest BCUT2D eigenvalue weighted by atomic mass is 10.0. The van der Waals surface area contributed by atoms with Crippen molar-refractivity contribution in [2.24, 2.45) is 5.73 Å². The third kappa shape index (κ3) is 3.56. The Kier molecular flexibility index (Phi) is 3.20. The molecule has 1 aliphatic carbocycles. The normalized spacial score (nSPS) is 23.2. The first-order valence-corrected chi connectivity index (χ1v) is 6.09. The molecule has 0 aromatic heterocycles. The van der Waals surface area contributed by atoms with Crippen molar-refractivity contribution < 1.29 is 4.79 Å². The molecule has 0 saturated heterocycles. The number of nitrogens with one attached hydrogen (secondary N) is 1. The molecular formula is C14H20N2O. The number of amides is 1. The summed E-state index contributed by atoms with van der Waals surface area (Å²) in [6, 6.07) is 10.6. The minimum atomic E-state index is -0.429. The van der Waals surface area contributed by atoms with Gasteiger partial charge in [-0.1, -0.05) is 30.3 Å². The smallest absolute Gasteiger partial charge is 0.222 e. The molecule has 0 heterocycles. The average molecular weight is 232 g/mol. The van der Waals surface area contributed by atoms with Gasteiger partial charge in [-0.2, -0.15) is 0 Å². The van der Waals surface area contributed by atoms with Gasteiger partial charge < -0.3 is 11.1 Å². The molecule has 1 amide bonds. The number of carbonyl (C=O) groups is 1. The van der Waals surface area contributed by atoms with E-state index < -0.39 is 5.54 Å². The molecule has 1 aromatic carbocycles. The maximum Gasteiger partial charge on any atom is 0.222 e. The zero-order valence-electron chi connectivity index (χ0n) is 10.4. The Morgan fingerprint density at radius 3 is 2.65 bits per heavy atom. The summed E-state index contributed by atoms with van der Waals surface area (Å²) < 4.78 is 0. The molecule has 1 fully saturated rings. The van der Waals surface area contributed by atoms with Crippen LogP contribution in [0.2, 0.25) is 0 Å². The monoisotopic (exact) mass is 232 g/mol. The summed E-state index contributed by atoms with van der Waals surface area (Å²) >= 11 is 0. The predicted molar refractivity (Wildman–Crippen MR) is 68.6 cm³/mol. The standard InChI is InChI=1S/C14H20N2O/c1-14(2,15)9-13(17)16-12-8-11(12)10-6-4-3-5-7-10/h3-7,11-12H,8-9,15H2,1-2H3,(H,16,17). The highest BCUT2D eigenvalue weighted by atomic mass is 16.1. The van der Waals surface area contributed by atoms with Crippen LogP contribution in [0.3, 0.4) is 0 Å². The second-order valence-corrected chi connectivity index (χ2v) is 5.59. The van der Waals surface area contributed by atoms with Crippen LogP contribution in [0.25, 0.3) is 0 Å². The second kappa shape index (κ2) is 4.49. The first kappa shape index (κ1) is 12.1. The Bertz CT molecular complexity index is 394. The van der Waals surface area contributed by atoms with E-state index in [0.717, 1.165) is 6.42 Å². The molecule has 92 valence electrons. The van der Waals surface area contributed by atoms with Gasteiger partial charge in [0.2, 0.25) is 5.91 Å². The van der Waals surface area contributed by atoms with Gasteiger partial charge in [0.05, 0.1) is 0 Å². The predicted octanol–water partition coefficient (Wildman–Crippen LogP) is 1.79. The molecule has 0 aliphatic heterocycles. The summed E-state index contributed by atoms with van der Waals surface area (Å²) in [4.78, 5) is 11.7. The maximum absolute atomic E-state index is 11.7. The molecule has 2 unspecified atom stereocenters. The van der Waals surface area contributed by atoms with Crippen LogP contribution in [-0.4, -0.2) is 17.5 Å². The Morgan fingerprint density at radius 1 is 1.41 bits per heavy atom. The number of rotatable bonds is 4. The SMILES string of the molecule is CC(C)(N)CC(=O)NC1CC1c1ccccc1. The quantitative estimate of drug-likeness (QED) is 0.831. The van der Waals surface area contributed by atoms with E-state index in [4.69, 9.17) is 5.73 Å². The maximum atomic E-state index is 11.7. The van der Waals surface area contributed by atoms with Crippen molar-refractivity contribution >= 4 is 5.91 Å². The Morgan fingerprint density at radius 2 is 2.06 bits per heavy atom. The number of carbonyl (C=O) groups excluding carboxylic acids is 1. The summed E-state index contributed by atoms with van der Waals surface area (Å²) in [6.45, 7) is 3.74. The number of hydrogen-bond donors (Lipinski definition) is 2. The largest absolute Gasteiger partial charge is 0.353 e. The topological polar surface area (TPSA) is 55.1 Å². The molecule has 1 saturated carbocycles. The van der Waals surface area contributed by atoms with E-state index >= 15 is 0 Å². The molecule has 0 bridgehead atoms. The molecule has 2 rings (SSSR count). The summed E-state index contributed by atoms with van der Waals surface area (Å²) in [6.07, 6.45) is 1.42. The second-order valence-electron chi connectivity index (χ2n) is 5.59. The Labute approximate surface area is 102 Å². The number of benzene rings is 1. The zero-order chi connectivity index (χ0) is 12.5. The molecule has 3 nitrogen and oxygen atoms in total. The highest BCUT2D eigenvalue weighted by molar-refractivity contribution is 5.78. The van der Waals surface area contributed by atoms with E-state index in [1.54, 1.807) is 0 Å². The molecular weight excluding hydrogens is 212 g/mol. The van der Waals surface area contributed by atoms with Crippen molar-refractivity contribution in [2.45, 2.75) is 44.2 Å². The van der Waals surface area contributed by atoms with Crippen LogP contribution in [0.4, 0.5) is 0 Å². The molecule has 2 atom stereocenters. The van der Waals surface area contributed by atoms with E-state index in [1.165, 1.54) is 5.56 Å². The molecule has 0 radical (unpaired) electrons. The van der Waals surface area contributed by atoms with Crippen LogP contribution >= 0.6 is 0 Å². The summed E-state index contributed by atoms with van der Waals surface area (Å²) in [5.74, 6) is 0.543. The van der Waals surface area contributed by atoms with Crippen molar-refractivity contribution in [3.8, 4) is 0 Å². The fourth-order valence-electron chi connectivity index (χ4n) is 2.09. The van der Waals surface area contributed by atoms with Gasteiger partial charge in [-0.25, -0.2) is 0 Å². The van der Waals surface area contributed by atoms with Crippen molar-refractivity contribution in [3.63, 3.8) is 0 Å². The van der Waals surface area contributed by atoms with Crippen LogP contribution in [0.1, 0.15) is 38.2 Å². The Balaban J connectivity index is 1.83. The molecule has 1 aliphatic rings. The van der Waals surface area contributed by atoms with Crippen LogP contribution in [0.15, 0.2) is 30.3 Å². The number of nitrogens with two attached hydrogens (primary N) is 1. The number of hydrogen-bond acceptors (Lipinski definition) is 2. The molecule has 3 heteroatoms. The molecule has 3 N–H and O–H groups in total.